The van der Waals surface area contributed by atoms with E-state index < -0.39 is 53.3 Å². The Balaban J connectivity index is 1.24. The monoisotopic (exact) mass is 897 g/mol. The Hall–Kier alpha value is -5.32. The maximum Gasteiger partial charge on any atom is 0.324 e. The molecule has 4 aliphatic heterocycles. The Morgan fingerprint density at radius 2 is 1.89 bits per heavy atom. The van der Waals surface area contributed by atoms with Crippen LogP contribution in [-0.2, 0) is 51.1 Å². The van der Waals surface area contributed by atoms with Crippen LogP contribution >= 0.6 is 0 Å². The third kappa shape index (κ3) is 10.1. The third-order valence-corrected chi connectivity index (χ3v) is 13.6. The van der Waals surface area contributed by atoms with E-state index in [4.69, 9.17) is 19.2 Å². The van der Waals surface area contributed by atoms with Gasteiger partial charge in [-0.25, -0.2) is 5.43 Å². The fraction of sp³-hybridized carbons (Fsp3) is 0.592. The number of morpholine rings is 1. The number of carbonyl (C=O) groups is 5. The van der Waals surface area contributed by atoms with Crippen LogP contribution in [0.2, 0.25) is 0 Å². The van der Waals surface area contributed by atoms with Crippen LogP contribution < -0.4 is 15.6 Å². The largest absolute Gasteiger partial charge is 0.464 e. The van der Waals surface area contributed by atoms with E-state index in [1.807, 2.05) is 26.8 Å². The minimum atomic E-state index is -1.05. The van der Waals surface area contributed by atoms with Crippen molar-refractivity contribution in [2.75, 3.05) is 65.0 Å². The molecule has 3 saturated heterocycles. The van der Waals surface area contributed by atoms with Gasteiger partial charge in [-0.1, -0.05) is 34.3 Å². The van der Waals surface area contributed by atoms with Crippen LogP contribution in [0.4, 0.5) is 5.69 Å². The highest BCUT2D eigenvalue weighted by molar-refractivity contribution is 5.95. The quantitative estimate of drug-likeness (QED) is 0.215. The van der Waals surface area contributed by atoms with Crippen LogP contribution in [0.15, 0.2) is 49.2 Å². The number of anilines is 1. The second kappa shape index (κ2) is 20.0. The summed E-state index contributed by atoms with van der Waals surface area (Å²) >= 11 is 0. The molecule has 352 valence electrons. The average Bonchev–Trinajstić information content (AvgIpc) is 3.92. The van der Waals surface area contributed by atoms with E-state index in [0.29, 0.717) is 65.0 Å². The number of rotatable bonds is 10. The first kappa shape index (κ1) is 47.6. The lowest BCUT2D eigenvalue weighted by Crippen LogP contribution is -2.62. The van der Waals surface area contributed by atoms with Crippen LogP contribution in [0.25, 0.3) is 22.2 Å². The number of hydrogen-bond acceptors (Lipinski definition) is 11. The molecule has 2 N–H and O–H groups in total. The van der Waals surface area contributed by atoms with E-state index in [0.717, 1.165) is 39.1 Å². The second-order valence-corrected chi connectivity index (χ2v) is 19.2. The third-order valence-electron chi connectivity index (χ3n) is 13.6. The maximum absolute atomic E-state index is 14.7. The number of likely N-dealkylation sites (tertiary alicyclic amines) is 1. The predicted molar refractivity (Wildman–Crippen MR) is 247 cm³/mol. The maximum atomic E-state index is 14.7. The Labute approximate surface area is 382 Å². The van der Waals surface area contributed by atoms with E-state index in [1.54, 1.807) is 25.3 Å². The summed E-state index contributed by atoms with van der Waals surface area (Å²) in [6.45, 7) is 19.0. The lowest BCUT2D eigenvalue weighted by molar-refractivity contribution is -0.156. The number of esters is 1. The molecule has 7 rings (SSSR count). The van der Waals surface area contributed by atoms with Gasteiger partial charge in [0.2, 0.25) is 17.7 Å². The normalized spacial score (nSPS) is 23.7. The summed E-state index contributed by atoms with van der Waals surface area (Å²) in [5.41, 5.74) is 8.75. The van der Waals surface area contributed by atoms with Gasteiger partial charge in [-0.15, -0.1) is 0 Å². The summed E-state index contributed by atoms with van der Waals surface area (Å²) in [6.07, 6.45) is 4.57. The molecule has 4 amide bonds. The molecule has 2 aromatic heterocycles. The van der Waals surface area contributed by atoms with Gasteiger partial charge in [0.25, 0.3) is 5.91 Å². The van der Waals surface area contributed by atoms with Gasteiger partial charge in [0, 0.05) is 93.6 Å². The molecule has 0 unspecified atom stereocenters. The number of likely N-dealkylation sites (N-methyl/N-ethyl adjacent to an activating group) is 1. The molecule has 3 fully saturated rings. The van der Waals surface area contributed by atoms with Gasteiger partial charge in [-0.05, 0) is 87.4 Å². The number of fused-ring (bicyclic) bond motifs is 6. The second-order valence-electron chi connectivity index (χ2n) is 19.2. The number of carbonyl (C=O) groups excluding carboxylic acids is 5. The number of nitrogens with one attached hydrogen (secondary N) is 2. The number of nitrogens with zero attached hydrogens (tertiary/aromatic N) is 6. The minimum absolute atomic E-state index is 0.139. The molecular weight excluding hydrogens is 829 g/mol. The van der Waals surface area contributed by atoms with Crippen molar-refractivity contribution in [3.63, 3.8) is 0 Å². The predicted octanol–water partition coefficient (Wildman–Crippen LogP) is 4.65. The number of benzene rings is 1. The summed E-state index contributed by atoms with van der Waals surface area (Å²) in [5.74, 6) is -2.57. The van der Waals surface area contributed by atoms with Crippen molar-refractivity contribution < 1.29 is 38.2 Å². The SMILES string of the molecule is C=CC(=O)N1CC[C@H](C(=O)N(C)[C@H](C(=O)N[C@H]2C[C@@H]3CN(CCO3)c3ccc4c(c3)c(c(-c3cccnc3[C@H](C)OC)n4CC)CC(C)(C)COC(=O)[C@@H]3CCCN(N3)C2=O)C(C)C)C1. The zero-order valence-electron chi connectivity index (χ0n) is 39.4. The standard InChI is InChI=1S/C49H68N8O8/c1-10-41(58)55-21-18-32(27-55)46(60)53(8)43(30(3)4)45(59)51-39-25-34-28-54(22-23-64-34)33-16-17-40-36(24-33)37(44(56(40)11-2)35-14-12-19-50-42(35)31(5)63-9)26-49(6,7)29-65-48(62)38-15-13-20-57(52-38)47(39)61/h10,12,14,16-17,19,24,30-32,34,38-39,43,52H,1,11,13,15,18,20-23,25-29H2,2-9H3,(H,51,59)/t31-,32-,34+,38-,39-,43-/m0/s1. The zero-order valence-corrected chi connectivity index (χ0v) is 39.4. The van der Waals surface area contributed by atoms with Crippen molar-refractivity contribution in [3.8, 4) is 11.3 Å². The van der Waals surface area contributed by atoms with Crippen molar-refractivity contribution in [1.29, 1.82) is 0 Å². The first-order chi connectivity index (χ1) is 31.0. The first-order valence-electron chi connectivity index (χ1n) is 23.3. The molecule has 3 aromatic rings. The molecule has 6 heterocycles. The van der Waals surface area contributed by atoms with E-state index in [2.05, 4.69) is 71.8 Å². The molecule has 1 aromatic carbocycles. The van der Waals surface area contributed by atoms with Crippen molar-refractivity contribution in [1.82, 2.24) is 35.1 Å². The number of hydrogen-bond donors (Lipinski definition) is 2. The van der Waals surface area contributed by atoms with E-state index in [-0.39, 0.29) is 43.4 Å². The molecule has 6 atom stereocenters. The highest BCUT2D eigenvalue weighted by atomic mass is 16.5. The number of amides is 4. The number of hydrazine groups is 1. The molecule has 16 nitrogen and oxygen atoms in total. The number of aryl methyl sites for hydroxylation is 1. The Morgan fingerprint density at radius 3 is 2.62 bits per heavy atom. The fourth-order valence-electron chi connectivity index (χ4n) is 10.2. The zero-order chi connectivity index (χ0) is 46.7. The molecular formula is C49H68N8O8. The molecule has 0 spiro atoms. The highest BCUT2D eigenvalue weighted by Gasteiger charge is 2.41. The van der Waals surface area contributed by atoms with E-state index >= 15 is 0 Å². The number of methoxy groups -OCH3 is 1. The number of pyridine rings is 1. The van der Waals surface area contributed by atoms with Gasteiger partial charge in [0.15, 0.2) is 0 Å². The van der Waals surface area contributed by atoms with Crippen LogP contribution in [0.3, 0.4) is 0 Å². The Bertz CT molecular complexity index is 2270. The summed E-state index contributed by atoms with van der Waals surface area (Å²) in [7, 11) is 3.30. The Kier molecular flexibility index (Phi) is 14.7. The van der Waals surface area contributed by atoms with E-state index in [1.165, 1.54) is 16.0 Å². The smallest absolute Gasteiger partial charge is 0.324 e. The van der Waals surface area contributed by atoms with Gasteiger partial charge in [-0.2, -0.15) is 0 Å². The average molecular weight is 897 g/mol. The van der Waals surface area contributed by atoms with Gasteiger partial charge in [0.05, 0.1) is 42.7 Å². The molecule has 0 aliphatic carbocycles. The molecule has 0 radical (unpaired) electrons. The van der Waals surface area contributed by atoms with Gasteiger partial charge in [0.1, 0.15) is 18.1 Å². The van der Waals surface area contributed by atoms with Crippen molar-refractivity contribution >= 4 is 46.2 Å². The summed E-state index contributed by atoms with van der Waals surface area (Å²) < 4.78 is 20.7. The van der Waals surface area contributed by atoms with Crippen molar-refractivity contribution in [2.24, 2.45) is 17.3 Å². The first-order valence-corrected chi connectivity index (χ1v) is 23.3. The van der Waals surface area contributed by atoms with Crippen LogP contribution in [0.1, 0.15) is 84.6 Å². The minimum Gasteiger partial charge on any atom is -0.464 e. The van der Waals surface area contributed by atoms with Gasteiger partial charge in [-0.3, -0.25) is 34.0 Å². The fourth-order valence-corrected chi connectivity index (χ4v) is 10.2. The van der Waals surface area contributed by atoms with Crippen molar-refractivity contribution in [3.05, 3.63) is 60.4 Å². The molecule has 6 bridgehead atoms. The lowest BCUT2D eigenvalue weighted by Gasteiger charge is -2.39. The van der Waals surface area contributed by atoms with E-state index in [9.17, 15) is 24.0 Å². The number of ether oxygens (including phenoxy) is 3. The topological polar surface area (TPSA) is 168 Å². The summed E-state index contributed by atoms with van der Waals surface area (Å²) in [4.78, 5) is 79.4. The van der Waals surface area contributed by atoms with Crippen LogP contribution in [-0.4, -0.2) is 138 Å². The summed E-state index contributed by atoms with van der Waals surface area (Å²) in [6, 6.07) is 7.87. The lowest BCUT2D eigenvalue weighted by atomic mass is 9.84. The van der Waals surface area contributed by atoms with Crippen molar-refractivity contribution in [2.45, 2.75) is 111 Å². The molecule has 4 aliphatic rings. The highest BCUT2D eigenvalue weighted by Crippen LogP contribution is 2.42. The number of aromatic nitrogens is 2. The number of cyclic esters (lactones) is 1. The molecule has 16 heteroatoms. The Morgan fingerprint density at radius 1 is 1.11 bits per heavy atom. The molecule has 0 saturated carbocycles. The van der Waals surface area contributed by atoms with Gasteiger partial charge < -0.3 is 38.8 Å². The van der Waals surface area contributed by atoms with Crippen LogP contribution in [0, 0.1) is 17.3 Å². The van der Waals surface area contributed by atoms with Gasteiger partial charge >= 0.3 is 5.97 Å². The molecule has 65 heavy (non-hydrogen) atoms. The summed E-state index contributed by atoms with van der Waals surface area (Å²) in [5, 5.41) is 5.58. The van der Waals surface area contributed by atoms with Crippen LogP contribution in [0.5, 0.6) is 0 Å².